The smallest absolute Gasteiger partial charge is 0.358 e. The second kappa shape index (κ2) is 5.66. The van der Waals surface area contributed by atoms with Gasteiger partial charge in [0.05, 0.1) is 30.4 Å². The lowest BCUT2D eigenvalue weighted by molar-refractivity contribution is 0.0690. The van der Waals surface area contributed by atoms with Gasteiger partial charge in [-0.15, -0.1) is 5.10 Å². The summed E-state index contributed by atoms with van der Waals surface area (Å²) in [5.74, 6) is -1.28. The molecule has 0 spiro atoms. The van der Waals surface area contributed by atoms with Crippen LogP contribution in [0.15, 0.2) is 6.20 Å². The molecule has 0 saturated carbocycles. The van der Waals surface area contributed by atoms with Crippen molar-refractivity contribution in [3.8, 4) is 0 Å². The van der Waals surface area contributed by atoms with E-state index in [-0.39, 0.29) is 29.8 Å². The van der Waals surface area contributed by atoms with Gasteiger partial charge in [0.1, 0.15) is 0 Å². The van der Waals surface area contributed by atoms with Crippen molar-refractivity contribution in [2.24, 2.45) is 0 Å². The zero-order chi connectivity index (χ0) is 13.9. The SMILES string of the molecule is O=C(O)c1cn(CCS(=O)(=O)CC2CCCO2)nn1. The minimum atomic E-state index is -3.24. The van der Waals surface area contributed by atoms with Crippen LogP contribution in [0.3, 0.4) is 0 Å². The molecule has 0 amide bonds. The average Bonchev–Trinajstić information content (AvgIpc) is 2.96. The van der Waals surface area contributed by atoms with E-state index in [0.717, 1.165) is 12.8 Å². The minimum Gasteiger partial charge on any atom is -0.476 e. The van der Waals surface area contributed by atoms with Crippen LogP contribution in [0.4, 0.5) is 0 Å². The van der Waals surface area contributed by atoms with E-state index in [1.165, 1.54) is 10.9 Å². The first kappa shape index (κ1) is 13.9. The van der Waals surface area contributed by atoms with Gasteiger partial charge in [0.2, 0.25) is 0 Å². The molecule has 106 valence electrons. The molecule has 1 aliphatic heterocycles. The summed E-state index contributed by atoms with van der Waals surface area (Å²) in [6, 6.07) is 0. The molecule has 0 bridgehead atoms. The van der Waals surface area contributed by atoms with Crippen molar-refractivity contribution in [2.75, 3.05) is 18.1 Å². The first-order valence-corrected chi connectivity index (χ1v) is 7.74. The first-order chi connectivity index (χ1) is 8.96. The van der Waals surface area contributed by atoms with Crippen LogP contribution in [-0.2, 0) is 21.1 Å². The van der Waals surface area contributed by atoms with E-state index in [9.17, 15) is 13.2 Å². The van der Waals surface area contributed by atoms with Gasteiger partial charge in [-0.1, -0.05) is 5.21 Å². The number of rotatable bonds is 6. The van der Waals surface area contributed by atoms with Crippen LogP contribution in [0.25, 0.3) is 0 Å². The second-order valence-electron chi connectivity index (χ2n) is 4.42. The number of aromatic carboxylic acids is 1. The lowest BCUT2D eigenvalue weighted by Gasteiger charge is -2.09. The zero-order valence-electron chi connectivity index (χ0n) is 10.2. The standard InChI is InChI=1S/C10H15N3O5S/c14-10(15)9-6-13(12-11-9)3-5-19(16,17)7-8-2-1-4-18-8/h6,8H,1-5,7H2,(H,14,15). The molecule has 1 aromatic heterocycles. The predicted octanol–water partition coefficient (Wildman–Crippen LogP) is -0.430. The Balaban J connectivity index is 1.87. The Bertz CT molecular complexity index is 547. The van der Waals surface area contributed by atoms with Gasteiger partial charge in [0.15, 0.2) is 15.5 Å². The van der Waals surface area contributed by atoms with E-state index in [4.69, 9.17) is 9.84 Å². The fraction of sp³-hybridized carbons (Fsp3) is 0.700. The number of hydrogen-bond acceptors (Lipinski definition) is 6. The van der Waals surface area contributed by atoms with Crippen molar-refractivity contribution in [3.63, 3.8) is 0 Å². The number of hydrogen-bond donors (Lipinski definition) is 1. The highest BCUT2D eigenvalue weighted by Crippen LogP contribution is 2.14. The number of aromatic nitrogens is 3. The van der Waals surface area contributed by atoms with Crippen LogP contribution in [0.1, 0.15) is 23.3 Å². The molecule has 0 aliphatic carbocycles. The lowest BCUT2D eigenvalue weighted by Crippen LogP contribution is -2.24. The molecule has 8 nitrogen and oxygen atoms in total. The highest BCUT2D eigenvalue weighted by atomic mass is 32.2. The van der Waals surface area contributed by atoms with E-state index in [0.29, 0.717) is 6.61 Å². The molecule has 2 heterocycles. The number of carboxylic acids is 1. The van der Waals surface area contributed by atoms with E-state index in [1.54, 1.807) is 0 Å². The van der Waals surface area contributed by atoms with Gasteiger partial charge >= 0.3 is 5.97 Å². The van der Waals surface area contributed by atoms with Gasteiger partial charge in [0.25, 0.3) is 0 Å². The highest BCUT2D eigenvalue weighted by molar-refractivity contribution is 7.91. The predicted molar refractivity (Wildman–Crippen MR) is 64.6 cm³/mol. The summed E-state index contributed by atoms with van der Waals surface area (Å²) in [5, 5.41) is 15.6. The van der Waals surface area contributed by atoms with Crippen LogP contribution >= 0.6 is 0 Å². The van der Waals surface area contributed by atoms with Crippen LogP contribution in [-0.4, -0.2) is 58.7 Å². The maximum absolute atomic E-state index is 11.8. The Morgan fingerprint density at radius 3 is 2.95 bits per heavy atom. The molecule has 1 saturated heterocycles. The number of carboxylic acid groups (broad SMARTS) is 1. The van der Waals surface area contributed by atoms with E-state index >= 15 is 0 Å². The molecule has 1 aliphatic rings. The zero-order valence-corrected chi connectivity index (χ0v) is 11.0. The quantitative estimate of drug-likeness (QED) is 0.756. The summed E-state index contributed by atoms with van der Waals surface area (Å²) in [5.41, 5.74) is -0.198. The molecular formula is C10H15N3O5S. The number of ether oxygens (including phenoxy) is 1. The van der Waals surface area contributed by atoms with Crippen molar-refractivity contribution in [1.82, 2.24) is 15.0 Å². The monoisotopic (exact) mass is 289 g/mol. The number of carbonyl (C=O) groups is 1. The van der Waals surface area contributed by atoms with Crippen molar-refractivity contribution in [3.05, 3.63) is 11.9 Å². The van der Waals surface area contributed by atoms with E-state index < -0.39 is 15.8 Å². The van der Waals surface area contributed by atoms with Gasteiger partial charge in [-0.25, -0.2) is 13.2 Å². The van der Waals surface area contributed by atoms with Gasteiger partial charge in [-0.2, -0.15) is 0 Å². The molecule has 19 heavy (non-hydrogen) atoms. The Morgan fingerprint density at radius 1 is 1.58 bits per heavy atom. The summed E-state index contributed by atoms with van der Waals surface area (Å²) < 4.78 is 30.2. The second-order valence-corrected chi connectivity index (χ2v) is 6.65. The Morgan fingerprint density at radius 2 is 2.37 bits per heavy atom. The molecule has 2 rings (SSSR count). The third kappa shape index (κ3) is 4.00. The average molecular weight is 289 g/mol. The van der Waals surface area contributed by atoms with E-state index in [1.807, 2.05) is 0 Å². The molecule has 9 heteroatoms. The fourth-order valence-corrected chi connectivity index (χ4v) is 3.34. The fourth-order valence-electron chi connectivity index (χ4n) is 1.88. The maximum Gasteiger partial charge on any atom is 0.358 e. The Labute approximate surface area is 110 Å². The number of nitrogens with zero attached hydrogens (tertiary/aromatic N) is 3. The normalized spacial score (nSPS) is 19.7. The molecule has 1 aromatic rings. The third-order valence-electron chi connectivity index (χ3n) is 2.85. The van der Waals surface area contributed by atoms with Crippen molar-refractivity contribution in [2.45, 2.75) is 25.5 Å². The van der Waals surface area contributed by atoms with Gasteiger partial charge in [0, 0.05) is 6.61 Å². The van der Waals surface area contributed by atoms with Crippen LogP contribution < -0.4 is 0 Å². The number of aryl methyl sites for hydroxylation is 1. The topological polar surface area (TPSA) is 111 Å². The molecule has 1 fully saturated rings. The summed E-state index contributed by atoms with van der Waals surface area (Å²) in [6.45, 7) is 0.709. The molecule has 0 radical (unpaired) electrons. The summed E-state index contributed by atoms with van der Waals surface area (Å²) in [4.78, 5) is 10.6. The largest absolute Gasteiger partial charge is 0.476 e. The van der Waals surface area contributed by atoms with Crippen LogP contribution in [0, 0.1) is 0 Å². The first-order valence-electron chi connectivity index (χ1n) is 5.92. The maximum atomic E-state index is 11.8. The summed E-state index contributed by atoms with van der Waals surface area (Å²) in [6.07, 6.45) is 2.66. The molecular weight excluding hydrogens is 274 g/mol. The Kier molecular flexibility index (Phi) is 4.15. The van der Waals surface area contributed by atoms with Gasteiger partial charge in [-0.3, -0.25) is 4.68 Å². The van der Waals surface area contributed by atoms with Gasteiger partial charge < -0.3 is 9.84 Å². The number of sulfone groups is 1. The molecule has 1 atom stereocenters. The highest BCUT2D eigenvalue weighted by Gasteiger charge is 2.23. The lowest BCUT2D eigenvalue weighted by atomic mass is 10.3. The third-order valence-corrected chi connectivity index (χ3v) is 4.54. The minimum absolute atomic E-state index is 0.00743. The van der Waals surface area contributed by atoms with Crippen LogP contribution in [0.5, 0.6) is 0 Å². The van der Waals surface area contributed by atoms with E-state index in [2.05, 4.69) is 10.3 Å². The van der Waals surface area contributed by atoms with Gasteiger partial charge in [-0.05, 0) is 12.8 Å². The van der Waals surface area contributed by atoms with Crippen molar-refractivity contribution < 1.29 is 23.1 Å². The van der Waals surface area contributed by atoms with Crippen molar-refractivity contribution >= 4 is 15.8 Å². The van der Waals surface area contributed by atoms with Crippen LogP contribution in [0.2, 0.25) is 0 Å². The molecule has 1 unspecified atom stereocenters. The summed E-state index contributed by atoms with van der Waals surface area (Å²) >= 11 is 0. The van der Waals surface area contributed by atoms with Crippen molar-refractivity contribution in [1.29, 1.82) is 0 Å². The molecule has 1 N–H and O–H groups in total. The molecule has 0 aromatic carbocycles. The summed E-state index contributed by atoms with van der Waals surface area (Å²) in [7, 11) is -3.24. The Hall–Kier alpha value is -1.48.